The fourth-order valence-corrected chi connectivity index (χ4v) is 6.94. The number of alkyl halides is 3. The Bertz CT molecular complexity index is 991. The van der Waals surface area contributed by atoms with Crippen LogP contribution in [0.1, 0.15) is 74.2 Å². The van der Waals surface area contributed by atoms with Crippen LogP contribution in [-0.2, 0) is 16.2 Å². The Kier molecular flexibility index (Phi) is 10.4. The Morgan fingerprint density at radius 3 is 2.23 bits per heavy atom. The first-order valence-electron chi connectivity index (χ1n) is 11.7. The highest BCUT2D eigenvalue weighted by Crippen LogP contribution is 2.40. The Hall–Kier alpha value is -0.940. The van der Waals surface area contributed by atoms with E-state index >= 15 is 0 Å². The third-order valence-corrected chi connectivity index (χ3v) is 9.41. The van der Waals surface area contributed by atoms with E-state index in [1.807, 2.05) is 6.92 Å². The normalized spacial score (nSPS) is 19.8. The van der Waals surface area contributed by atoms with Gasteiger partial charge in [-0.3, -0.25) is 9.69 Å². The molecule has 0 atom stereocenters. The lowest BCUT2D eigenvalue weighted by molar-refractivity contribution is -0.138. The van der Waals surface area contributed by atoms with Crippen molar-refractivity contribution in [3.63, 3.8) is 0 Å². The number of benzene rings is 1. The van der Waals surface area contributed by atoms with Gasteiger partial charge in [0, 0.05) is 38.1 Å². The Labute approximate surface area is 215 Å². The molecular formula is C23H32Cl2F4N2O3S. The van der Waals surface area contributed by atoms with Gasteiger partial charge in [-0.25, -0.2) is 12.8 Å². The summed E-state index contributed by atoms with van der Waals surface area (Å²) in [6.45, 7) is 3.50. The number of halogens is 6. The summed E-state index contributed by atoms with van der Waals surface area (Å²) in [6.07, 6.45) is 0.114. The number of Topliss-reactive ketones (excluding diaryl/α,β-unsaturated/α-hetero) is 1. The Balaban J connectivity index is 0.00000432. The number of sulfonamides is 1. The molecule has 35 heavy (non-hydrogen) atoms. The molecule has 0 aromatic heterocycles. The van der Waals surface area contributed by atoms with Gasteiger partial charge in [-0.05, 0) is 37.8 Å². The number of hydrogen-bond donors (Lipinski definition) is 0. The van der Waals surface area contributed by atoms with E-state index in [0.29, 0.717) is 38.7 Å². The Morgan fingerprint density at radius 1 is 1.09 bits per heavy atom. The van der Waals surface area contributed by atoms with Crippen molar-refractivity contribution in [2.45, 2.75) is 70.0 Å². The van der Waals surface area contributed by atoms with Crippen LogP contribution < -0.4 is 0 Å². The average Bonchev–Trinajstić information content (AvgIpc) is 2.79. The summed E-state index contributed by atoms with van der Waals surface area (Å²) in [5.41, 5.74) is -2.73. The van der Waals surface area contributed by atoms with E-state index in [-0.39, 0.29) is 31.0 Å². The molecule has 0 bridgehead atoms. The second-order valence-electron chi connectivity index (χ2n) is 9.19. The molecule has 0 radical (unpaired) electrons. The van der Waals surface area contributed by atoms with E-state index < -0.39 is 49.5 Å². The van der Waals surface area contributed by atoms with Gasteiger partial charge in [-0.15, -0.1) is 12.4 Å². The lowest BCUT2D eigenvalue weighted by atomic mass is 9.76. The van der Waals surface area contributed by atoms with Crippen LogP contribution in [0.3, 0.4) is 0 Å². The molecule has 0 unspecified atom stereocenters. The van der Waals surface area contributed by atoms with Crippen molar-refractivity contribution >= 4 is 39.8 Å². The van der Waals surface area contributed by atoms with Crippen molar-refractivity contribution in [3.05, 3.63) is 34.1 Å². The summed E-state index contributed by atoms with van der Waals surface area (Å²) in [4.78, 5) is 15.1. The van der Waals surface area contributed by atoms with Crippen LogP contribution in [0, 0.1) is 5.82 Å². The van der Waals surface area contributed by atoms with Crippen LogP contribution in [0.4, 0.5) is 17.6 Å². The molecule has 1 heterocycles. The standard InChI is InChI=1S/C23H31ClF4N2O3S.ClH/c1-2-16-34(32,33)30-14-12-29(13-15-30)22(9-4-3-5-10-22)11-8-19(31)20-17(23(26,27)28)6-7-18(24)21(20)25;/h6-7H,2-5,8-16H2,1H3;1H. The maximum absolute atomic E-state index is 14.6. The second kappa shape index (κ2) is 12.1. The molecule has 1 saturated carbocycles. The number of carbonyl (C=O) groups is 1. The topological polar surface area (TPSA) is 57.7 Å². The molecule has 5 nitrogen and oxygen atoms in total. The van der Waals surface area contributed by atoms with Gasteiger partial charge in [0.2, 0.25) is 10.0 Å². The summed E-state index contributed by atoms with van der Waals surface area (Å²) in [7, 11) is -3.30. The maximum Gasteiger partial charge on any atom is 0.417 e. The molecule has 0 spiro atoms. The highest BCUT2D eigenvalue weighted by atomic mass is 35.5. The largest absolute Gasteiger partial charge is 0.417 e. The van der Waals surface area contributed by atoms with Gasteiger partial charge in [0.25, 0.3) is 0 Å². The van der Waals surface area contributed by atoms with Crippen molar-refractivity contribution in [2.75, 3.05) is 31.9 Å². The van der Waals surface area contributed by atoms with E-state index in [0.717, 1.165) is 38.2 Å². The van der Waals surface area contributed by atoms with Crippen LogP contribution in [0.5, 0.6) is 0 Å². The van der Waals surface area contributed by atoms with Crippen LogP contribution in [0.15, 0.2) is 12.1 Å². The quantitative estimate of drug-likeness (QED) is 0.290. The third-order valence-electron chi connectivity index (χ3n) is 7.05. The molecule has 3 rings (SSSR count). The van der Waals surface area contributed by atoms with Crippen LogP contribution >= 0.6 is 24.0 Å². The van der Waals surface area contributed by atoms with Crippen molar-refractivity contribution in [3.8, 4) is 0 Å². The van der Waals surface area contributed by atoms with Crippen molar-refractivity contribution in [1.82, 2.24) is 9.21 Å². The summed E-state index contributed by atoms with van der Waals surface area (Å²) in [5.74, 6) is -2.16. The van der Waals surface area contributed by atoms with E-state index in [2.05, 4.69) is 4.90 Å². The highest BCUT2D eigenvalue weighted by molar-refractivity contribution is 7.89. The van der Waals surface area contributed by atoms with Crippen molar-refractivity contribution in [2.24, 2.45) is 0 Å². The number of rotatable bonds is 8. The molecule has 1 aliphatic heterocycles. The van der Waals surface area contributed by atoms with E-state index in [9.17, 15) is 30.8 Å². The highest BCUT2D eigenvalue weighted by Gasteiger charge is 2.42. The molecular weight excluding hydrogens is 531 g/mol. The van der Waals surface area contributed by atoms with Gasteiger partial charge in [0.1, 0.15) is 0 Å². The fourth-order valence-electron chi connectivity index (χ4n) is 5.29. The van der Waals surface area contributed by atoms with Gasteiger partial charge >= 0.3 is 6.18 Å². The third kappa shape index (κ3) is 6.89. The smallest absolute Gasteiger partial charge is 0.295 e. The van der Waals surface area contributed by atoms with Gasteiger partial charge in [0.15, 0.2) is 11.6 Å². The zero-order chi connectivity index (χ0) is 25.1. The predicted octanol–water partition coefficient (Wildman–Crippen LogP) is 5.94. The van der Waals surface area contributed by atoms with E-state index in [1.54, 1.807) is 0 Å². The molecule has 1 aromatic carbocycles. The first kappa shape index (κ1) is 30.3. The van der Waals surface area contributed by atoms with Gasteiger partial charge in [-0.2, -0.15) is 17.5 Å². The lowest BCUT2D eigenvalue weighted by Crippen LogP contribution is -2.58. The number of piperazine rings is 1. The first-order chi connectivity index (χ1) is 15.9. The molecule has 200 valence electrons. The first-order valence-corrected chi connectivity index (χ1v) is 13.7. The SMILES string of the molecule is CCCS(=O)(=O)N1CCN(C2(CCC(=O)c3c(C(F)(F)F)ccc(Cl)c3F)CCCCC2)CC1.Cl. The number of carbonyl (C=O) groups excluding carboxylic acids is 1. The van der Waals surface area contributed by atoms with Crippen LogP contribution in [0.2, 0.25) is 5.02 Å². The predicted molar refractivity (Wildman–Crippen MR) is 130 cm³/mol. The molecule has 2 aliphatic rings. The molecule has 1 aliphatic carbocycles. The second-order valence-corrected chi connectivity index (χ2v) is 11.7. The molecule has 1 saturated heterocycles. The minimum Gasteiger partial charge on any atom is -0.295 e. The summed E-state index contributed by atoms with van der Waals surface area (Å²) >= 11 is 5.69. The average molecular weight is 563 g/mol. The van der Waals surface area contributed by atoms with E-state index in [1.165, 1.54) is 4.31 Å². The van der Waals surface area contributed by atoms with Gasteiger partial charge in [0.05, 0.1) is 21.9 Å². The zero-order valence-corrected chi connectivity index (χ0v) is 22.1. The van der Waals surface area contributed by atoms with Gasteiger partial charge in [-0.1, -0.05) is 37.8 Å². The summed E-state index contributed by atoms with van der Waals surface area (Å²) in [5, 5.41) is -0.520. The Morgan fingerprint density at radius 2 is 1.69 bits per heavy atom. The molecule has 12 heteroatoms. The fraction of sp³-hybridized carbons (Fsp3) is 0.696. The molecule has 2 fully saturated rings. The monoisotopic (exact) mass is 562 g/mol. The number of ketones is 1. The maximum atomic E-state index is 14.6. The lowest BCUT2D eigenvalue weighted by Gasteiger charge is -2.50. The molecule has 0 amide bonds. The van der Waals surface area contributed by atoms with E-state index in [4.69, 9.17) is 11.6 Å². The van der Waals surface area contributed by atoms with Crippen molar-refractivity contribution < 1.29 is 30.8 Å². The molecule has 0 N–H and O–H groups in total. The summed E-state index contributed by atoms with van der Waals surface area (Å²) < 4.78 is 81.2. The van der Waals surface area contributed by atoms with Crippen LogP contribution in [0.25, 0.3) is 0 Å². The van der Waals surface area contributed by atoms with Gasteiger partial charge < -0.3 is 0 Å². The number of hydrogen-bond acceptors (Lipinski definition) is 4. The minimum atomic E-state index is -4.88. The minimum absolute atomic E-state index is 0. The van der Waals surface area contributed by atoms with Crippen LogP contribution in [-0.4, -0.2) is 60.9 Å². The zero-order valence-electron chi connectivity index (χ0n) is 19.7. The molecule has 1 aromatic rings. The number of nitrogens with zero attached hydrogens (tertiary/aromatic N) is 2. The van der Waals surface area contributed by atoms with Crippen molar-refractivity contribution in [1.29, 1.82) is 0 Å². The summed E-state index contributed by atoms with van der Waals surface area (Å²) in [6, 6.07) is 1.45.